The Kier molecular flexibility index (Phi) is 4.52. The van der Waals surface area contributed by atoms with E-state index in [4.69, 9.17) is 5.11 Å². The van der Waals surface area contributed by atoms with Crippen molar-refractivity contribution in [2.24, 2.45) is 5.92 Å². The molecule has 1 unspecified atom stereocenters. The molecule has 0 aromatic heterocycles. The van der Waals surface area contributed by atoms with Gasteiger partial charge in [0.1, 0.15) is 0 Å². The molecular formula is C12H18O4. The van der Waals surface area contributed by atoms with Gasteiger partial charge in [0.05, 0.1) is 19.4 Å². The molecule has 0 aromatic rings. The number of allylic oxidation sites excluding steroid dienone is 1. The third kappa shape index (κ3) is 3.08. The molecule has 16 heavy (non-hydrogen) atoms. The summed E-state index contributed by atoms with van der Waals surface area (Å²) in [4.78, 5) is 22.3. The van der Waals surface area contributed by atoms with Gasteiger partial charge in [-0.05, 0) is 32.6 Å². The molecule has 0 radical (unpaired) electrons. The van der Waals surface area contributed by atoms with E-state index in [1.807, 2.05) is 6.92 Å². The van der Waals surface area contributed by atoms with Crippen LogP contribution >= 0.6 is 0 Å². The summed E-state index contributed by atoms with van der Waals surface area (Å²) in [6.07, 6.45) is 3.76. The maximum absolute atomic E-state index is 11.6. The highest BCUT2D eigenvalue weighted by molar-refractivity contribution is 5.81. The van der Waals surface area contributed by atoms with Crippen molar-refractivity contribution in [1.82, 2.24) is 0 Å². The van der Waals surface area contributed by atoms with E-state index in [2.05, 4.69) is 4.74 Å². The molecule has 0 aromatic carbocycles. The van der Waals surface area contributed by atoms with Crippen LogP contribution in [-0.2, 0) is 14.3 Å². The third-order valence-corrected chi connectivity index (χ3v) is 3.08. The molecule has 4 heteroatoms. The number of carbonyl (C=O) groups is 2. The number of carboxylic acid groups (broad SMARTS) is 1. The first kappa shape index (κ1) is 12.7. The van der Waals surface area contributed by atoms with Crippen molar-refractivity contribution in [3.63, 3.8) is 0 Å². The van der Waals surface area contributed by atoms with Crippen LogP contribution in [0.25, 0.3) is 0 Å². The topological polar surface area (TPSA) is 63.6 Å². The van der Waals surface area contributed by atoms with Crippen molar-refractivity contribution in [2.75, 3.05) is 7.11 Å². The molecule has 1 aliphatic rings. The van der Waals surface area contributed by atoms with E-state index in [0.29, 0.717) is 0 Å². The van der Waals surface area contributed by atoms with E-state index >= 15 is 0 Å². The molecule has 1 aliphatic carbocycles. The van der Waals surface area contributed by atoms with Gasteiger partial charge in [0.2, 0.25) is 0 Å². The molecule has 4 nitrogen and oxygen atoms in total. The van der Waals surface area contributed by atoms with Gasteiger partial charge in [-0.15, -0.1) is 0 Å². The van der Waals surface area contributed by atoms with Gasteiger partial charge in [-0.1, -0.05) is 11.1 Å². The summed E-state index contributed by atoms with van der Waals surface area (Å²) in [6.45, 7) is 1.98. The summed E-state index contributed by atoms with van der Waals surface area (Å²) in [6, 6.07) is 0. The van der Waals surface area contributed by atoms with Gasteiger partial charge in [0, 0.05) is 0 Å². The normalized spacial score (nSPS) is 18.1. The molecule has 0 saturated heterocycles. The molecular weight excluding hydrogens is 208 g/mol. The van der Waals surface area contributed by atoms with Crippen LogP contribution in [0.1, 0.15) is 39.0 Å². The average molecular weight is 226 g/mol. The van der Waals surface area contributed by atoms with Crippen LogP contribution in [0.5, 0.6) is 0 Å². The van der Waals surface area contributed by atoms with Crippen molar-refractivity contribution in [2.45, 2.75) is 39.0 Å². The second-order valence-electron chi connectivity index (χ2n) is 4.19. The van der Waals surface area contributed by atoms with Gasteiger partial charge < -0.3 is 9.84 Å². The number of aliphatic carboxylic acids is 1. The largest absolute Gasteiger partial charge is 0.481 e. The Balaban J connectivity index is 2.90. The summed E-state index contributed by atoms with van der Waals surface area (Å²) in [5.74, 6) is -1.98. The molecule has 0 aliphatic heterocycles. The highest BCUT2D eigenvalue weighted by Gasteiger charge is 2.28. The number of rotatable bonds is 4. The second kappa shape index (κ2) is 5.68. The zero-order valence-electron chi connectivity index (χ0n) is 9.78. The zero-order valence-corrected chi connectivity index (χ0v) is 9.78. The van der Waals surface area contributed by atoms with Gasteiger partial charge in [-0.25, -0.2) is 0 Å². The van der Waals surface area contributed by atoms with Gasteiger partial charge in [0.25, 0.3) is 0 Å². The molecule has 0 saturated carbocycles. The number of hydrogen-bond donors (Lipinski definition) is 1. The molecule has 1 atom stereocenters. The molecule has 1 rings (SSSR count). The smallest absolute Gasteiger partial charge is 0.313 e. The lowest BCUT2D eigenvalue weighted by Crippen LogP contribution is -2.23. The summed E-state index contributed by atoms with van der Waals surface area (Å²) in [5, 5.41) is 8.81. The highest BCUT2D eigenvalue weighted by atomic mass is 16.5. The molecule has 1 N–H and O–H groups in total. The first-order valence-electron chi connectivity index (χ1n) is 5.54. The Morgan fingerprint density at radius 1 is 1.38 bits per heavy atom. The third-order valence-electron chi connectivity index (χ3n) is 3.08. The lowest BCUT2D eigenvalue weighted by Gasteiger charge is -2.23. The van der Waals surface area contributed by atoms with Gasteiger partial charge in [0.15, 0.2) is 0 Å². The summed E-state index contributed by atoms with van der Waals surface area (Å²) in [7, 11) is 1.30. The Morgan fingerprint density at radius 2 is 2.00 bits per heavy atom. The molecule has 0 bridgehead atoms. The Labute approximate surface area is 95.3 Å². The maximum Gasteiger partial charge on any atom is 0.313 e. The number of carboxylic acids is 1. The van der Waals surface area contributed by atoms with Gasteiger partial charge >= 0.3 is 11.9 Å². The van der Waals surface area contributed by atoms with Crippen LogP contribution in [-0.4, -0.2) is 24.2 Å². The summed E-state index contributed by atoms with van der Waals surface area (Å²) in [5.41, 5.74) is 2.13. The minimum atomic E-state index is -0.957. The van der Waals surface area contributed by atoms with E-state index < -0.39 is 17.9 Å². The number of esters is 1. The molecule has 0 fully saturated rings. The van der Waals surface area contributed by atoms with Gasteiger partial charge in [-0.3, -0.25) is 9.59 Å². The van der Waals surface area contributed by atoms with Crippen molar-refractivity contribution in [3.8, 4) is 0 Å². The quantitative estimate of drug-likeness (QED) is 0.589. The fraction of sp³-hybridized carbons (Fsp3) is 0.667. The monoisotopic (exact) mass is 226 g/mol. The molecule has 0 amide bonds. The SMILES string of the molecule is COC(=O)C(CC(=O)O)C1=C(C)CCCC1. The molecule has 0 heterocycles. The summed E-state index contributed by atoms with van der Waals surface area (Å²) >= 11 is 0. The Morgan fingerprint density at radius 3 is 2.50 bits per heavy atom. The number of ether oxygens (including phenoxy) is 1. The van der Waals surface area contributed by atoms with E-state index in [1.165, 1.54) is 7.11 Å². The van der Waals surface area contributed by atoms with Crippen LogP contribution in [0.3, 0.4) is 0 Å². The van der Waals surface area contributed by atoms with Gasteiger partial charge in [-0.2, -0.15) is 0 Å². The van der Waals surface area contributed by atoms with Crippen LogP contribution in [0.15, 0.2) is 11.1 Å². The predicted octanol–water partition coefficient (Wildman–Crippen LogP) is 2.14. The minimum absolute atomic E-state index is 0.167. The van der Waals surface area contributed by atoms with Crippen molar-refractivity contribution < 1.29 is 19.4 Å². The zero-order chi connectivity index (χ0) is 12.1. The van der Waals surface area contributed by atoms with Crippen LogP contribution < -0.4 is 0 Å². The van der Waals surface area contributed by atoms with Crippen molar-refractivity contribution in [3.05, 3.63) is 11.1 Å². The lowest BCUT2D eigenvalue weighted by molar-refractivity contribution is -0.149. The average Bonchev–Trinajstić information content (AvgIpc) is 2.26. The fourth-order valence-electron chi connectivity index (χ4n) is 2.22. The molecule has 0 spiro atoms. The predicted molar refractivity (Wildman–Crippen MR) is 58.9 cm³/mol. The first-order chi connectivity index (χ1) is 7.56. The number of carbonyl (C=O) groups excluding carboxylic acids is 1. The lowest BCUT2D eigenvalue weighted by atomic mass is 9.83. The highest BCUT2D eigenvalue weighted by Crippen LogP contribution is 2.32. The Hall–Kier alpha value is -1.32. The van der Waals surface area contributed by atoms with Crippen LogP contribution in [0, 0.1) is 5.92 Å². The maximum atomic E-state index is 11.6. The Bertz CT molecular complexity index is 317. The first-order valence-corrected chi connectivity index (χ1v) is 5.54. The number of methoxy groups -OCH3 is 1. The van der Waals surface area contributed by atoms with E-state index in [9.17, 15) is 9.59 Å². The second-order valence-corrected chi connectivity index (χ2v) is 4.19. The van der Waals surface area contributed by atoms with Crippen molar-refractivity contribution in [1.29, 1.82) is 0 Å². The fourth-order valence-corrected chi connectivity index (χ4v) is 2.22. The van der Waals surface area contributed by atoms with Crippen LogP contribution in [0.4, 0.5) is 0 Å². The van der Waals surface area contributed by atoms with E-state index in [-0.39, 0.29) is 6.42 Å². The van der Waals surface area contributed by atoms with Crippen molar-refractivity contribution >= 4 is 11.9 Å². The van der Waals surface area contributed by atoms with Crippen LogP contribution in [0.2, 0.25) is 0 Å². The minimum Gasteiger partial charge on any atom is -0.481 e. The van der Waals surface area contributed by atoms with E-state index in [1.54, 1.807) is 0 Å². The molecule has 90 valence electrons. The standard InChI is InChI=1S/C12H18O4/c1-8-5-3-4-6-9(8)10(7-11(13)14)12(15)16-2/h10H,3-7H2,1-2H3,(H,13,14). The number of hydrogen-bond acceptors (Lipinski definition) is 3. The van der Waals surface area contributed by atoms with E-state index in [0.717, 1.165) is 36.8 Å². The summed E-state index contributed by atoms with van der Waals surface area (Å²) < 4.78 is 4.68.